The van der Waals surface area contributed by atoms with E-state index in [1.54, 1.807) is 0 Å². The summed E-state index contributed by atoms with van der Waals surface area (Å²) in [6, 6.07) is 5.94. The largest absolute Gasteiger partial charge is 0.339 e. The summed E-state index contributed by atoms with van der Waals surface area (Å²) >= 11 is 0. The second-order valence-corrected chi connectivity index (χ2v) is 5.88. The predicted molar refractivity (Wildman–Crippen MR) is 81.4 cm³/mol. The van der Waals surface area contributed by atoms with Gasteiger partial charge in [0.25, 0.3) is 5.91 Å². The maximum Gasteiger partial charge on any atom is 0.253 e. The average molecular weight is 284 g/mol. The molecule has 1 aromatic heterocycles. The lowest BCUT2D eigenvalue weighted by atomic mass is 10.1. The summed E-state index contributed by atoms with van der Waals surface area (Å²) in [6.07, 6.45) is 3.20. The first-order valence-corrected chi connectivity index (χ1v) is 7.82. The molecule has 2 aromatic rings. The van der Waals surface area contributed by atoms with Gasteiger partial charge in [0.15, 0.2) is 0 Å². The Kier molecular flexibility index (Phi) is 3.15. The highest BCUT2D eigenvalue weighted by molar-refractivity contribution is 5.97. The van der Waals surface area contributed by atoms with E-state index in [4.69, 9.17) is 4.98 Å². The predicted octanol–water partition coefficient (Wildman–Crippen LogP) is 1.42. The third kappa shape index (κ3) is 2.21. The Labute approximate surface area is 123 Å². The van der Waals surface area contributed by atoms with Crippen LogP contribution in [0.25, 0.3) is 11.0 Å². The van der Waals surface area contributed by atoms with Gasteiger partial charge in [-0.1, -0.05) is 0 Å². The van der Waals surface area contributed by atoms with Crippen molar-refractivity contribution in [1.29, 1.82) is 0 Å². The van der Waals surface area contributed by atoms with Gasteiger partial charge in [-0.05, 0) is 31.0 Å². The van der Waals surface area contributed by atoms with Gasteiger partial charge in [0, 0.05) is 44.7 Å². The van der Waals surface area contributed by atoms with E-state index in [2.05, 4.69) is 9.88 Å². The number of amides is 1. The molecule has 0 radical (unpaired) electrons. The Balaban J connectivity index is 1.74. The number of benzene rings is 1. The summed E-state index contributed by atoms with van der Waals surface area (Å²) in [4.78, 5) is 19.2. The van der Waals surface area contributed by atoms with Gasteiger partial charge in [0.2, 0.25) is 0 Å². The van der Waals surface area contributed by atoms with Crippen LogP contribution in [0.4, 0.5) is 0 Å². The fourth-order valence-corrected chi connectivity index (χ4v) is 3.36. The number of likely N-dealkylation sites (tertiary alicyclic amines) is 1. The van der Waals surface area contributed by atoms with Crippen LogP contribution in [-0.2, 0) is 13.0 Å². The first kappa shape index (κ1) is 12.8. The number of nitrogens with zero attached hydrogens (tertiary/aromatic N) is 3. The number of carbonyl (C=O) groups excluding carboxylic acids is 1. The van der Waals surface area contributed by atoms with Gasteiger partial charge in [-0.15, -0.1) is 0 Å². The summed E-state index contributed by atoms with van der Waals surface area (Å²) in [5, 5.41) is 3.39. The van der Waals surface area contributed by atoms with Gasteiger partial charge in [-0.2, -0.15) is 0 Å². The van der Waals surface area contributed by atoms with E-state index in [1.807, 2.05) is 23.1 Å². The number of nitrogens with one attached hydrogen (secondary N) is 1. The summed E-state index contributed by atoms with van der Waals surface area (Å²) in [7, 11) is 0. The molecule has 1 fully saturated rings. The standard InChI is InChI=1S/C16H20N4O/c21-16(19-8-1-2-9-19)12-3-4-13-14(11-12)20-10-7-17-6-5-15(20)18-13/h3-4,11,17H,1-2,5-10H2. The number of fused-ring (bicyclic) bond motifs is 3. The van der Waals surface area contributed by atoms with Gasteiger partial charge in [-0.3, -0.25) is 4.79 Å². The third-order valence-corrected chi connectivity index (χ3v) is 4.51. The van der Waals surface area contributed by atoms with Crippen molar-refractivity contribution in [2.24, 2.45) is 0 Å². The van der Waals surface area contributed by atoms with E-state index < -0.39 is 0 Å². The van der Waals surface area contributed by atoms with Crippen LogP contribution in [0, 0.1) is 0 Å². The Hall–Kier alpha value is -1.88. The maximum absolute atomic E-state index is 12.5. The van der Waals surface area contributed by atoms with Crippen LogP contribution in [-0.4, -0.2) is 46.5 Å². The maximum atomic E-state index is 12.5. The van der Waals surface area contributed by atoms with E-state index in [9.17, 15) is 4.79 Å². The number of carbonyl (C=O) groups is 1. The molecular weight excluding hydrogens is 264 g/mol. The van der Waals surface area contributed by atoms with Gasteiger partial charge in [0.1, 0.15) is 5.82 Å². The van der Waals surface area contributed by atoms with Gasteiger partial charge >= 0.3 is 0 Å². The molecule has 0 saturated carbocycles. The zero-order valence-corrected chi connectivity index (χ0v) is 12.1. The van der Waals surface area contributed by atoms with Crippen LogP contribution in [0.3, 0.4) is 0 Å². The SMILES string of the molecule is O=C(c1ccc2nc3n(c2c1)CCNCC3)N1CCCC1. The van der Waals surface area contributed by atoms with E-state index in [-0.39, 0.29) is 5.91 Å². The van der Waals surface area contributed by atoms with Gasteiger partial charge < -0.3 is 14.8 Å². The molecule has 0 unspecified atom stereocenters. The van der Waals surface area contributed by atoms with E-state index >= 15 is 0 Å². The smallest absolute Gasteiger partial charge is 0.253 e. The van der Waals surface area contributed by atoms with Crippen molar-refractivity contribution >= 4 is 16.9 Å². The molecule has 1 saturated heterocycles. The molecule has 4 rings (SSSR count). The fourth-order valence-electron chi connectivity index (χ4n) is 3.36. The number of hydrogen-bond acceptors (Lipinski definition) is 3. The normalized spacial score (nSPS) is 18.8. The Morgan fingerprint density at radius 1 is 1.14 bits per heavy atom. The van der Waals surface area contributed by atoms with Crippen LogP contribution in [0.1, 0.15) is 29.0 Å². The van der Waals surface area contributed by atoms with Crippen LogP contribution in [0.2, 0.25) is 0 Å². The van der Waals surface area contributed by atoms with Gasteiger partial charge in [0.05, 0.1) is 11.0 Å². The summed E-state index contributed by atoms with van der Waals surface area (Å²) in [6.45, 7) is 4.65. The first-order valence-electron chi connectivity index (χ1n) is 7.82. The highest BCUT2D eigenvalue weighted by Crippen LogP contribution is 2.21. The highest BCUT2D eigenvalue weighted by atomic mass is 16.2. The molecule has 3 heterocycles. The average Bonchev–Trinajstić information content (AvgIpc) is 3.09. The van der Waals surface area contributed by atoms with Crippen molar-refractivity contribution in [3.8, 4) is 0 Å². The molecule has 2 aliphatic heterocycles. The summed E-state index contributed by atoms with van der Waals surface area (Å²) < 4.78 is 2.26. The summed E-state index contributed by atoms with van der Waals surface area (Å²) in [5.74, 6) is 1.29. The Bertz CT molecular complexity index is 685. The zero-order chi connectivity index (χ0) is 14.2. The lowest BCUT2D eigenvalue weighted by Gasteiger charge is -2.15. The van der Waals surface area contributed by atoms with Crippen molar-refractivity contribution in [3.05, 3.63) is 29.6 Å². The number of rotatable bonds is 1. The highest BCUT2D eigenvalue weighted by Gasteiger charge is 2.21. The molecule has 5 nitrogen and oxygen atoms in total. The number of aromatic nitrogens is 2. The first-order chi connectivity index (χ1) is 10.3. The fraction of sp³-hybridized carbons (Fsp3) is 0.500. The molecular formula is C16H20N4O. The zero-order valence-electron chi connectivity index (χ0n) is 12.1. The molecule has 1 N–H and O–H groups in total. The van der Waals surface area contributed by atoms with Crippen molar-refractivity contribution in [3.63, 3.8) is 0 Å². The van der Waals surface area contributed by atoms with Crippen molar-refractivity contribution in [1.82, 2.24) is 19.8 Å². The molecule has 1 amide bonds. The molecule has 2 aliphatic rings. The second kappa shape index (κ2) is 5.15. The van der Waals surface area contributed by atoms with E-state index in [0.717, 1.165) is 74.4 Å². The summed E-state index contributed by atoms with van der Waals surface area (Å²) in [5.41, 5.74) is 2.90. The molecule has 0 spiro atoms. The lowest BCUT2D eigenvalue weighted by molar-refractivity contribution is 0.0793. The third-order valence-electron chi connectivity index (χ3n) is 4.51. The van der Waals surface area contributed by atoms with Crippen LogP contribution >= 0.6 is 0 Å². The lowest BCUT2D eigenvalue weighted by Crippen LogP contribution is -2.27. The molecule has 0 bridgehead atoms. The van der Waals surface area contributed by atoms with Gasteiger partial charge in [-0.25, -0.2) is 4.98 Å². The second-order valence-electron chi connectivity index (χ2n) is 5.88. The Morgan fingerprint density at radius 3 is 2.86 bits per heavy atom. The quantitative estimate of drug-likeness (QED) is 0.861. The van der Waals surface area contributed by atoms with Crippen LogP contribution < -0.4 is 5.32 Å². The van der Waals surface area contributed by atoms with Crippen LogP contribution in [0.5, 0.6) is 0 Å². The molecule has 21 heavy (non-hydrogen) atoms. The molecule has 0 atom stereocenters. The molecule has 0 aliphatic carbocycles. The molecule has 110 valence electrons. The number of hydrogen-bond donors (Lipinski definition) is 1. The van der Waals surface area contributed by atoms with Crippen molar-refractivity contribution in [2.45, 2.75) is 25.8 Å². The number of imidazole rings is 1. The molecule has 1 aromatic carbocycles. The van der Waals surface area contributed by atoms with E-state index in [1.165, 1.54) is 0 Å². The minimum atomic E-state index is 0.164. The minimum Gasteiger partial charge on any atom is -0.339 e. The Morgan fingerprint density at radius 2 is 2.00 bits per heavy atom. The minimum absolute atomic E-state index is 0.164. The monoisotopic (exact) mass is 284 g/mol. The van der Waals surface area contributed by atoms with Crippen molar-refractivity contribution in [2.75, 3.05) is 26.2 Å². The van der Waals surface area contributed by atoms with E-state index in [0.29, 0.717) is 0 Å². The van der Waals surface area contributed by atoms with Crippen LogP contribution in [0.15, 0.2) is 18.2 Å². The molecule has 5 heteroatoms. The topological polar surface area (TPSA) is 50.2 Å². The van der Waals surface area contributed by atoms with Crippen molar-refractivity contribution < 1.29 is 4.79 Å².